The van der Waals surface area contributed by atoms with Gasteiger partial charge in [-0.25, -0.2) is 13.2 Å². The normalized spacial score (nSPS) is 10.9. The van der Waals surface area contributed by atoms with E-state index in [4.69, 9.17) is 9.47 Å². The Hall–Kier alpha value is -3.73. The molecule has 0 unspecified atom stereocenters. The molecule has 0 saturated heterocycles. The van der Waals surface area contributed by atoms with Crippen LogP contribution in [0.25, 0.3) is 22.3 Å². The molecule has 0 aromatic heterocycles. The van der Waals surface area contributed by atoms with Crippen molar-refractivity contribution in [2.75, 3.05) is 13.2 Å². The molecule has 0 bridgehead atoms. The minimum Gasteiger partial charge on any atom is -0.493 e. The molecule has 192 valence electrons. The molecule has 0 radical (unpaired) electrons. The van der Waals surface area contributed by atoms with Crippen molar-refractivity contribution >= 4 is 0 Å². The summed E-state index contributed by atoms with van der Waals surface area (Å²) in [5.41, 5.74) is 3.60. The third-order valence-electron chi connectivity index (χ3n) is 6.23. The van der Waals surface area contributed by atoms with Gasteiger partial charge in [0.15, 0.2) is 0 Å². The molecule has 5 heteroatoms. The molecule has 0 saturated carbocycles. The number of rotatable bonds is 12. The van der Waals surface area contributed by atoms with Crippen LogP contribution in [0.5, 0.6) is 11.5 Å². The lowest BCUT2D eigenvalue weighted by atomic mass is 10.0. The molecule has 0 N–H and O–H groups in total. The maximum absolute atomic E-state index is 14.5. The summed E-state index contributed by atoms with van der Waals surface area (Å²) in [6.45, 7) is 3.06. The van der Waals surface area contributed by atoms with E-state index in [9.17, 15) is 13.2 Å². The Labute approximate surface area is 216 Å². The first-order valence-electron chi connectivity index (χ1n) is 12.7. The molecule has 37 heavy (non-hydrogen) atoms. The van der Waals surface area contributed by atoms with Gasteiger partial charge in [-0.1, -0.05) is 61.2 Å². The Bertz CT molecular complexity index is 1180. The van der Waals surface area contributed by atoms with E-state index in [1.807, 2.05) is 37.3 Å². The molecular formula is C32H31F3O2. The fraction of sp³-hybridized carbons (Fsp3) is 0.250. The number of halogens is 3. The van der Waals surface area contributed by atoms with Gasteiger partial charge in [0.25, 0.3) is 0 Å². The molecule has 0 heterocycles. The first kappa shape index (κ1) is 26.3. The van der Waals surface area contributed by atoms with Gasteiger partial charge in [-0.15, -0.1) is 0 Å². The lowest BCUT2D eigenvalue weighted by Crippen LogP contribution is -2.00. The van der Waals surface area contributed by atoms with Gasteiger partial charge in [0, 0.05) is 23.3 Å². The van der Waals surface area contributed by atoms with Gasteiger partial charge in [0.2, 0.25) is 0 Å². The fourth-order valence-electron chi connectivity index (χ4n) is 4.12. The van der Waals surface area contributed by atoms with Gasteiger partial charge >= 0.3 is 0 Å². The maximum Gasteiger partial charge on any atom is 0.134 e. The van der Waals surface area contributed by atoms with Crippen LogP contribution < -0.4 is 9.47 Å². The van der Waals surface area contributed by atoms with Gasteiger partial charge in [0.1, 0.15) is 29.0 Å². The quantitative estimate of drug-likeness (QED) is 0.179. The van der Waals surface area contributed by atoms with Crippen molar-refractivity contribution in [1.29, 1.82) is 0 Å². The Morgan fingerprint density at radius 3 is 1.41 bits per heavy atom. The van der Waals surface area contributed by atoms with Crippen LogP contribution in [-0.2, 0) is 0 Å². The molecule has 0 aliphatic carbocycles. The average Bonchev–Trinajstić information content (AvgIpc) is 2.89. The molecular weight excluding hydrogens is 473 g/mol. The summed E-state index contributed by atoms with van der Waals surface area (Å²) >= 11 is 0. The van der Waals surface area contributed by atoms with E-state index in [-0.39, 0.29) is 11.6 Å². The second-order valence-electron chi connectivity index (χ2n) is 9.12. The first-order valence-corrected chi connectivity index (χ1v) is 12.7. The van der Waals surface area contributed by atoms with E-state index in [2.05, 4.69) is 0 Å². The molecule has 4 aromatic carbocycles. The predicted molar refractivity (Wildman–Crippen MR) is 142 cm³/mol. The number of benzene rings is 4. The van der Waals surface area contributed by atoms with E-state index in [1.165, 1.54) is 24.3 Å². The highest BCUT2D eigenvalue weighted by Gasteiger charge is 2.08. The van der Waals surface area contributed by atoms with Crippen LogP contribution >= 0.6 is 0 Å². The Kier molecular flexibility index (Phi) is 9.25. The Morgan fingerprint density at radius 2 is 0.946 bits per heavy atom. The monoisotopic (exact) mass is 504 g/mol. The van der Waals surface area contributed by atoms with E-state index in [0.29, 0.717) is 41.4 Å². The highest BCUT2D eigenvalue weighted by Crippen LogP contribution is 2.28. The predicted octanol–water partition coefficient (Wildman–Crippen LogP) is 9.15. The summed E-state index contributed by atoms with van der Waals surface area (Å²) in [5, 5.41) is 0. The van der Waals surface area contributed by atoms with Crippen molar-refractivity contribution in [2.24, 2.45) is 0 Å². The van der Waals surface area contributed by atoms with E-state index in [1.54, 1.807) is 30.3 Å². The van der Waals surface area contributed by atoms with Crippen molar-refractivity contribution in [3.63, 3.8) is 0 Å². The molecule has 2 nitrogen and oxygen atoms in total. The fourth-order valence-corrected chi connectivity index (χ4v) is 4.12. The maximum atomic E-state index is 14.5. The molecule has 4 aromatic rings. The van der Waals surface area contributed by atoms with Gasteiger partial charge in [-0.2, -0.15) is 0 Å². The van der Waals surface area contributed by atoms with Crippen molar-refractivity contribution < 1.29 is 22.6 Å². The number of ether oxygens (including phenoxy) is 2. The van der Waals surface area contributed by atoms with Crippen molar-refractivity contribution in [1.82, 2.24) is 0 Å². The lowest BCUT2D eigenvalue weighted by molar-refractivity contribution is 0.292. The van der Waals surface area contributed by atoms with E-state index >= 15 is 0 Å². The van der Waals surface area contributed by atoms with Gasteiger partial charge in [-0.05, 0) is 67.3 Å². The van der Waals surface area contributed by atoms with Crippen molar-refractivity contribution in [3.05, 3.63) is 108 Å². The number of hydrogen-bond donors (Lipinski definition) is 0. The Morgan fingerprint density at radius 1 is 0.514 bits per heavy atom. The summed E-state index contributed by atoms with van der Waals surface area (Å²) in [6, 6.07) is 23.3. The van der Waals surface area contributed by atoms with E-state index < -0.39 is 5.82 Å². The molecule has 0 amide bonds. The van der Waals surface area contributed by atoms with Crippen LogP contribution in [0.3, 0.4) is 0 Å². The summed E-state index contributed by atoms with van der Waals surface area (Å²) in [7, 11) is 0. The second kappa shape index (κ2) is 13.0. The molecule has 4 rings (SSSR count). The smallest absolute Gasteiger partial charge is 0.134 e. The number of hydrogen-bond acceptors (Lipinski definition) is 2. The largest absolute Gasteiger partial charge is 0.493 e. The van der Waals surface area contributed by atoms with Crippen LogP contribution in [0.15, 0.2) is 84.9 Å². The zero-order chi connectivity index (χ0) is 26.0. The van der Waals surface area contributed by atoms with Crippen LogP contribution in [0.2, 0.25) is 0 Å². The van der Waals surface area contributed by atoms with Crippen LogP contribution in [0.4, 0.5) is 13.2 Å². The molecule has 0 aliphatic heterocycles. The SMILES string of the molecule is Cc1ccc(-c2ccc(OCCCCCCCOc3ccc(-c4ccc(F)cc4)c(F)c3)cc2F)cc1. The third kappa shape index (κ3) is 7.63. The number of aryl methyl sites for hydroxylation is 1. The van der Waals surface area contributed by atoms with Crippen molar-refractivity contribution in [3.8, 4) is 33.8 Å². The minimum absolute atomic E-state index is 0.286. The van der Waals surface area contributed by atoms with Crippen molar-refractivity contribution in [2.45, 2.75) is 39.0 Å². The topological polar surface area (TPSA) is 18.5 Å². The van der Waals surface area contributed by atoms with Gasteiger partial charge < -0.3 is 9.47 Å². The average molecular weight is 505 g/mol. The second-order valence-corrected chi connectivity index (χ2v) is 9.12. The molecule has 0 aliphatic rings. The minimum atomic E-state index is -0.395. The summed E-state index contributed by atoms with van der Waals surface area (Å²) in [5.74, 6) is -0.00664. The summed E-state index contributed by atoms with van der Waals surface area (Å²) < 4.78 is 53.4. The third-order valence-corrected chi connectivity index (χ3v) is 6.23. The van der Waals surface area contributed by atoms with Gasteiger partial charge in [0.05, 0.1) is 13.2 Å². The van der Waals surface area contributed by atoms with Crippen LogP contribution in [0.1, 0.15) is 37.7 Å². The summed E-state index contributed by atoms with van der Waals surface area (Å²) in [6.07, 6.45) is 4.79. The Balaban J connectivity index is 1.10. The van der Waals surface area contributed by atoms with Gasteiger partial charge in [-0.3, -0.25) is 0 Å². The summed E-state index contributed by atoms with van der Waals surface area (Å²) in [4.78, 5) is 0. The highest BCUT2D eigenvalue weighted by atomic mass is 19.1. The zero-order valence-corrected chi connectivity index (χ0v) is 21.0. The van der Waals surface area contributed by atoms with Crippen LogP contribution in [0, 0.1) is 24.4 Å². The molecule has 0 spiro atoms. The van der Waals surface area contributed by atoms with E-state index in [0.717, 1.165) is 43.2 Å². The standard InChI is InChI=1S/C32H31F3O2/c1-23-7-9-24(10-8-23)29-17-15-27(21-31(29)34)36-19-5-3-2-4-6-20-37-28-16-18-30(32(35)22-28)25-11-13-26(33)14-12-25/h7-18,21-22H,2-6,19-20H2,1H3. The highest BCUT2D eigenvalue weighted by molar-refractivity contribution is 5.66. The molecule has 0 atom stereocenters. The zero-order valence-electron chi connectivity index (χ0n) is 21.0. The number of unbranched alkanes of at least 4 members (excludes halogenated alkanes) is 4. The lowest BCUT2D eigenvalue weighted by Gasteiger charge is -2.10. The first-order chi connectivity index (χ1) is 18.0. The van der Waals surface area contributed by atoms with Crippen LogP contribution in [-0.4, -0.2) is 13.2 Å². The molecule has 0 fully saturated rings.